The van der Waals surface area contributed by atoms with Crippen molar-refractivity contribution in [2.45, 2.75) is 38.3 Å². The molecule has 2 heterocycles. The Hall–Kier alpha value is -0.480. The van der Waals surface area contributed by atoms with Crippen molar-refractivity contribution in [1.82, 2.24) is 14.9 Å². The maximum Gasteiger partial charge on any atom is 0.125 e. The number of aromatic nitrogens is 2. The van der Waals surface area contributed by atoms with E-state index in [1.165, 1.54) is 24.3 Å². The third-order valence-corrected chi connectivity index (χ3v) is 4.39. The van der Waals surface area contributed by atoms with E-state index in [1.807, 2.05) is 12.4 Å². The van der Waals surface area contributed by atoms with E-state index in [0.29, 0.717) is 12.1 Å². The van der Waals surface area contributed by atoms with Crippen molar-refractivity contribution < 1.29 is 0 Å². The SMILES string of the molecule is CCC(NC1CCCSC1)c1nccn1C. The lowest BCUT2D eigenvalue weighted by atomic mass is 10.1. The third kappa shape index (κ3) is 2.80. The molecule has 0 bridgehead atoms. The van der Waals surface area contributed by atoms with Crippen molar-refractivity contribution in [1.29, 1.82) is 0 Å². The molecule has 1 aliphatic heterocycles. The van der Waals surface area contributed by atoms with E-state index in [-0.39, 0.29) is 0 Å². The molecule has 1 N–H and O–H groups in total. The summed E-state index contributed by atoms with van der Waals surface area (Å²) in [5.74, 6) is 3.75. The van der Waals surface area contributed by atoms with Crippen molar-refractivity contribution in [2.75, 3.05) is 11.5 Å². The first-order chi connectivity index (χ1) is 7.81. The van der Waals surface area contributed by atoms with Crippen LogP contribution in [0.25, 0.3) is 0 Å². The smallest absolute Gasteiger partial charge is 0.125 e. The summed E-state index contributed by atoms with van der Waals surface area (Å²) in [6.45, 7) is 2.22. The second-order valence-corrected chi connectivity index (χ2v) is 5.59. The minimum Gasteiger partial charge on any atom is -0.337 e. The van der Waals surface area contributed by atoms with Gasteiger partial charge >= 0.3 is 0 Å². The van der Waals surface area contributed by atoms with Crippen molar-refractivity contribution in [3.8, 4) is 0 Å². The maximum absolute atomic E-state index is 4.45. The Morgan fingerprint density at radius 1 is 1.69 bits per heavy atom. The fourth-order valence-corrected chi connectivity index (χ4v) is 3.33. The van der Waals surface area contributed by atoms with Crippen LogP contribution in [0.3, 0.4) is 0 Å². The summed E-state index contributed by atoms with van der Waals surface area (Å²) in [6.07, 6.45) is 7.67. The van der Waals surface area contributed by atoms with Gasteiger partial charge in [0.2, 0.25) is 0 Å². The van der Waals surface area contributed by atoms with Gasteiger partial charge in [0, 0.05) is 31.2 Å². The third-order valence-electron chi connectivity index (χ3n) is 3.18. The molecular formula is C12H21N3S. The first-order valence-corrected chi connectivity index (χ1v) is 7.27. The van der Waals surface area contributed by atoms with E-state index in [2.05, 4.69) is 40.6 Å². The summed E-state index contributed by atoms with van der Waals surface area (Å²) in [5, 5.41) is 3.74. The van der Waals surface area contributed by atoms with Crippen LogP contribution in [0, 0.1) is 0 Å². The van der Waals surface area contributed by atoms with Crippen LogP contribution in [-0.2, 0) is 7.05 Å². The molecule has 0 saturated carbocycles. The average molecular weight is 239 g/mol. The number of nitrogens with zero attached hydrogens (tertiary/aromatic N) is 2. The van der Waals surface area contributed by atoms with Crippen LogP contribution < -0.4 is 5.32 Å². The molecule has 2 atom stereocenters. The molecule has 1 aromatic rings. The monoisotopic (exact) mass is 239 g/mol. The predicted molar refractivity (Wildman–Crippen MR) is 69.7 cm³/mol. The summed E-state index contributed by atoms with van der Waals surface area (Å²) in [6, 6.07) is 1.07. The second kappa shape index (κ2) is 5.73. The number of rotatable bonds is 4. The highest BCUT2D eigenvalue weighted by Crippen LogP contribution is 2.21. The molecule has 1 fully saturated rings. The Labute approximate surface area is 102 Å². The zero-order valence-corrected chi connectivity index (χ0v) is 11.0. The van der Waals surface area contributed by atoms with Gasteiger partial charge in [-0.3, -0.25) is 0 Å². The van der Waals surface area contributed by atoms with E-state index in [0.717, 1.165) is 12.2 Å². The molecule has 90 valence electrons. The molecule has 2 rings (SSSR count). The van der Waals surface area contributed by atoms with Gasteiger partial charge in [0.15, 0.2) is 0 Å². The Morgan fingerprint density at radius 3 is 3.12 bits per heavy atom. The van der Waals surface area contributed by atoms with E-state index >= 15 is 0 Å². The van der Waals surface area contributed by atoms with Crippen molar-refractivity contribution >= 4 is 11.8 Å². The van der Waals surface area contributed by atoms with Gasteiger partial charge in [0.1, 0.15) is 5.82 Å². The molecule has 4 heteroatoms. The van der Waals surface area contributed by atoms with Crippen molar-refractivity contribution in [2.24, 2.45) is 7.05 Å². The Morgan fingerprint density at radius 2 is 2.56 bits per heavy atom. The topological polar surface area (TPSA) is 29.9 Å². The average Bonchev–Trinajstić information content (AvgIpc) is 2.74. The number of nitrogens with one attached hydrogen (secondary N) is 1. The van der Waals surface area contributed by atoms with Crippen LogP contribution >= 0.6 is 11.8 Å². The summed E-state index contributed by atoms with van der Waals surface area (Å²) < 4.78 is 2.12. The molecule has 16 heavy (non-hydrogen) atoms. The van der Waals surface area contributed by atoms with E-state index in [4.69, 9.17) is 0 Å². The lowest BCUT2D eigenvalue weighted by molar-refractivity contribution is 0.405. The molecule has 0 radical (unpaired) electrons. The quantitative estimate of drug-likeness (QED) is 0.875. The first kappa shape index (κ1) is 12.0. The van der Waals surface area contributed by atoms with Gasteiger partial charge in [-0.2, -0.15) is 11.8 Å². The fraction of sp³-hybridized carbons (Fsp3) is 0.750. The Bertz CT molecular complexity index is 318. The molecule has 1 saturated heterocycles. The van der Waals surface area contributed by atoms with E-state index in [1.54, 1.807) is 0 Å². The summed E-state index contributed by atoms with van der Waals surface area (Å²) in [4.78, 5) is 4.45. The molecular weight excluding hydrogens is 218 g/mol. The van der Waals surface area contributed by atoms with Gasteiger partial charge in [-0.25, -0.2) is 4.98 Å². The molecule has 0 amide bonds. The van der Waals surface area contributed by atoms with Gasteiger partial charge in [0.25, 0.3) is 0 Å². The summed E-state index contributed by atoms with van der Waals surface area (Å²) in [5.41, 5.74) is 0. The van der Waals surface area contributed by atoms with Crippen LogP contribution in [0.15, 0.2) is 12.4 Å². The Kier molecular flexibility index (Phi) is 4.29. The van der Waals surface area contributed by atoms with Gasteiger partial charge in [-0.15, -0.1) is 0 Å². The zero-order chi connectivity index (χ0) is 11.4. The minimum atomic E-state index is 0.406. The van der Waals surface area contributed by atoms with Crippen molar-refractivity contribution in [3.63, 3.8) is 0 Å². The summed E-state index contributed by atoms with van der Waals surface area (Å²) in [7, 11) is 2.07. The lowest BCUT2D eigenvalue weighted by Gasteiger charge is -2.27. The molecule has 2 unspecified atom stereocenters. The van der Waals surface area contributed by atoms with E-state index < -0.39 is 0 Å². The largest absolute Gasteiger partial charge is 0.337 e. The molecule has 1 aliphatic rings. The predicted octanol–water partition coefficient (Wildman–Crippen LogP) is 2.36. The highest BCUT2D eigenvalue weighted by atomic mass is 32.2. The summed E-state index contributed by atoms with van der Waals surface area (Å²) >= 11 is 2.07. The van der Waals surface area contributed by atoms with Crippen LogP contribution in [0.5, 0.6) is 0 Å². The minimum absolute atomic E-state index is 0.406. The Balaban J connectivity index is 1.97. The number of imidazole rings is 1. The van der Waals surface area contributed by atoms with Crippen molar-refractivity contribution in [3.05, 3.63) is 18.2 Å². The van der Waals surface area contributed by atoms with Crippen LogP contribution in [0.4, 0.5) is 0 Å². The van der Waals surface area contributed by atoms with E-state index in [9.17, 15) is 0 Å². The molecule has 1 aromatic heterocycles. The molecule has 0 aromatic carbocycles. The lowest BCUT2D eigenvalue weighted by Crippen LogP contribution is -2.37. The number of thioether (sulfide) groups is 1. The first-order valence-electron chi connectivity index (χ1n) is 6.12. The zero-order valence-electron chi connectivity index (χ0n) is 10.1. The highest BCUT2D eigenvalue weighted by molar-refractivity contribution is 7.99. The van der Waals surface area contributed by atoms with Gasteiger partial charge in [0.05, 0.1) is 6.04 Å². The highest BCUT2D eigenvalue weighted by Gasteiger charge is 2.20. The molecule has 3 nitrogen and oxygen atoms in total. The van der Waals surface area contributed by atoms with Gasteiger partial charge in [-0.05, 0) is 25.0 Å². The number of hydrogen-bond acceptors (Lipinski definition) is 3. The number of aryl methyl sites for hydroxylation is 1. The molecule has 0 spiro atoms. The maximum atomic E-state index is 4.45. The normalized spacial score (nSPS) is 23.2. The van der Waals surface area contributed by atoms with Gasteiger partial charge < -0.3 is 9.88 Å². The van der Waals surface area contributed by atoms with Gasteiger partial charge in [-0.1, -0.05) is 6.92 Å². The fourth-order valence-electron chi connectivity index (χ4n) is 2.24. The second-order valence-electron chi connectivity index (χ2n) is 4.44. The number of hydrogen-bond donors (Lipinski definition) is 1. The van der Waals surface area contributed by atoms with Crippen LogP contribution in [0.2, 0.25) is 0 Å². The van der Waals surface area contributed by atoms with Crippen LogP contribution in [0.1, 0.15) is 38.1 Å². The standard InChI is InChI=1S/C12H21N3S/c1-3-11(12-13-6-7-15(12)2)14-10-5-4-8-16-9-10/h6-7,10-11,14H,3-5,8-9H2,1-2H3. The molecule has 0 aliphatic carbocycles. The van der Waals surface area contributed by atoms with Crippen LogP contribution in [-0.4, -0.2) is 27.1 Å².